The summed E-state index contributed by atoms with van der Waals surface area (Å²) < 4.78 is 11.4. The number of hydrogen-bond acceptors (Lipinski definition) is 3. The molecule has 4 heteroatoms. The van der Waals surface area contributed by atoms with Gasteiger partial charge >= 0.3 is 5.97 Å². The number of carbonyl (C=O) groups is 1. The molecular weight excluding hydrogens is 196 g/mol. The molecule has 1 aliphatic heterocycles. The molecule has 0 radical (unpaired) electrons. The molecular formula is C11H18O4. The van der Waals surface area contributed by atoms with Gasteiger partial charge in [0.05, 0.1) is 13.2 Å². The van der Waals surface area contributed by atoms with E-state index in [0.717, 1.165) is 19.3 Å². The number of carboxylic acid groups (broad SMARTS) is 1. The van der Waals surface area contributed by atoms with Crippen LogP contribution >= 0.6 is 0 Å². The van der Waals surface area contributed by atoms with Gasteiger partial charge in [-0.1, -0.05) is 6.42 Å². The fourth-order valence-electron chi connectivity index (χ4n) is 2.70. The molecule has 0 aromatic rings. The molecule has 0 amide bonds. The third-order valence-electron chi connectivity index (χ3n) is 3.43. The van der Waals surface area contributed by atoms with Crippen molar-refractivity contribution in [2.75, 3.05) is 13.2 Å². The molecule has 1 saturated carbocycles. The number of aliphatic carboxylic acids is 1. The molecule has 1 atom stereocenters. The topological polar surface area (TPSA) is 55.8 Å². The third-order valence-corrected chi connectivity index (χ3v) is 3.43. The van der Waals surface area contributed by atoms with Gasteiger partial charge in [0, 0.05) is 18.8 Å². The molecule has 0 aromatic heterocycles. The van der Waals surface area contributed by atoms with E-state index in [-0.39, 0.29) is 12.3 Å². The minimum Gasteiger partial charge on any atom is -0.481 e. The first-order valence-electron chi connectivity index (χ1n) is 5.73. The van der Waals surface area contributed by atoms with Crippen LogP contribution in [0.2, 0.25) is 0 Å². The standard InChI is InChI=1S/C11H18O4/c12-10(13)5-4-9-3-1-2-6-11(9)14-7-8-15-11/h9H,1-8H2,(H,12,13). The van der Waals surface area contributed by atoms with Gasteiger partial charge in [-0.3, -0.25) is 4.79 Å². The van der Waals surface area contributed by atoms with Crippen molar-refractivity contribution >= 4 is 5.97 Å². The van der Waals surface area contributed by atoms with Crippen LogP contribution in [0.25, 0.3) is 0 Å². The Hall–Kier alpha value is -0.610. The molecule has 0 bridgehead atoms. The van der Waals surface area contributed by atoms with E-state index in [9.17, 15) is 4.79 Å². The average Bonchev–Trinajstić information content (AvgIpc) is 2.66. The first-order valence-corrected chi connectivity index (χ1v) is 5.73. The van der Waals surface area contributed by atoms with Gasteiger partial charge in [0.15, 0.2) is 5.79 Å². The smallest absolute Gasteiger partial charge is 0.303 e. The van der Waals surface area contributed by atoms with E-state index in [1.807, 2.05) is 0 Å². The lowest BCUT2D eigenvalue weighted by Gasteiger charge is -2.39. The zero-order chi connectivity index (χ0) is 10.7. The van der Waals surface area contributed by atoms with Crippen molar-refractivity contribution in [3.05, 3.63) is 0 Å². The van der Waals surface area contributed by atoms with Crippen LogP contribution in [0.4, 0.5) is 0 Å². The maximum Gasteiger partial charge on any atom is 0.303 e. The summed E-state index contributed by atoms with van der Waals surface area (Å²) in [6.45, 7) is 1.31. The third kappa shape index (κ3) is 2.32. The van der Waals surface area contributed by atoms with E-state index < -0.39 is 11.8 Å². The van der Waals surface area contributed by atoms with Crippen LogP contribution in [0.3, 0.4) is 0 Å². The van der Waals surface area contributed by atoms with Crippen molar-refractivity contribution in [2.45, 2.75) is 44.3 Å². The molecule has 1 unspecified atom stereocenters. The summed E-state index contributed by atoms with van der Waals surface area (Å²) >= 11 is 0. The van der Waals surface area contributed by atoms with Crippen LogP contribution in [0, 0.1) is 5.92 Å². The lowest BCUT2D eigenvalue weighted by molar-refractivity contribution is -0.214. The Morgan fingerprint density at radius 3 is 2.73 bits per heavy atom. The highest BCUT2D eigenvalue weighted by molar-refractivity contribution is 5.66. The molecule has 15 heavy (non-hydrogen) atoms. The molecule has 2 fully saturated rings. The molecule has 1 heterocycles. The van der Waals surface area contributed by atoms with Gasteiger partial charge in [-0.2, -0.15) is 0 Å². The summed E-state index contributed by atoms with van der Waals surface area (Å²) in [5, 5.41) is 8.69. The van der Waals surface area contributed by atoms with Gasteiger partial charge in [0.1, 0.15) is 0 Å². The zero-order valence-corrected chi connectivity index (χ0v) is 8.91. The highest BCUT2D eigenvalue weighted by Gasteiger charge is 2.45. The van der Waals surface area contributed by atoms with Gasteiger partial charge in [-0.05, 0) is 19.3 Å². The average molecular weight is 214 g/mol. The first kappa shape index (κ1) is 10.9. The molecule has 1 N–H and O–H groups in total. The summed E-state index contributed by atoms with van der Waals surface area (Å²) in [7, 11) is 0. The minimum absolute atomic E-state index is 0.221. The quantitative estimate of drug-likeness (QED) is 0.778. The van der Waals surface area contributed by atoms with Crippen LogP contribution in [0.5, 0.6) is 0 Å². The maximum absolute atomic E-state index is 10.6. The van der Waals surface area contributed by atoms with Gasteiger partial charge in [0.25, 0.3) is 0 Å². The van der Waals surface area contributed by atoms with Crippen LogP contribution in [-0.2, 0) is 14.3 Å². The van der Waals surface area contributed by atoms with Crippen LogP contribution in [0.15, 0.2) is 0 Å². The minimum atomic E-state index is -0.728. The second-order valence-electron chi connectivity index (χ2n) is 4.38. The van der Waals surface area contributed by atoms with Gasteiger partial charge in [-0.25, -0.2) is 0 Å². The largest absolute Gasteiger partial charge is 0.481 e. The second kappa shape index (κ2) is 4.49. The van der Waals surface area contributed by atoms with E-state index in [4.69, 9.17) is 14.6 Å². The Morgan fingerprint density at radius 1 is 1.33 bits per heavy atom. The lowest BCUT2D eigenvalue weighted by Crippen LogP contribution is -2.42. The van der Waals surface area contributed by atoms with E-state index in [1.165, 1.54) is 6.42 Å². The summed E-state index contributed by atoms with van der Waals surface area (Å²) in [4.78, 5) is 10.6. The summed E-state index contributed by atoms with van der Waals surface area (Å²) in [5.41, 5.74) is 0. The number of ether oxygens (including phenoxy) is 2. The molecule has 2 aliphatic rings. The van der Waals surface area contributed by atoms with Crippen molar-refractivity contribution in [3.8, 4) is 0 Å². The monoisotopic (exact) mass is 214 g/mol. The Kier molecular flexibility index (Phi) is 3.26. The van der Waals surface area contributed by atoms with E-state index >= 15 is 0 Å². The number of hydrogen-bond donors (Lipinski definition) is 1. The van der Waals surface area contributed by atoms with E-state index in [1.54, 1.807) is 0 Å². The highest BCUT2D eigenvalue weighted by Crippen LogP contribution is 2.42. The molecule has 86 valence electrons. The predicted molar refractivity (Wildman–Crippen MR) is 53.5 cm³/mol. The van der Waals surface area contributed by atoms with Crippen molar-refractivity contribution < 1.29 is 19.4 Å². The highest BCUT2D eigenvalue weighted by atomic mass is 16.7. The van der Waals surface area contributed by atoms with Crippen molar-refractivity contribution in [3.63, 3.8) is 0 Å². The Labute approximate surface area is 89.6 Å². The van der Waals surface area contributed by atoms with Crippen molar-refractivity contribution in [1.29, 1.82) is 0 Å². The van der Waals surface area contributed by atoms with Crippen LogP contribution in [-0.4, -0.2) is 30.1 Å². The van der Waals surface area contributed by atoms with Crippen LogP contribution in [0.1, 0.15) is 38.5 Å². The van der Waals surface area contributed by atoms with Gasteiger partial charge < -0.3 is 14.6 Å². The van der Waals surface area contributed by atoms with Crippen LogP contribution < -0.4 is 0 Å². The molecule has 1 saturated heterocycles. The molecule has 2 rings (SSSR count). The fraction of sp³-hybridized carbons (Fsp3) is 0.909. The van der Waals surface area contributed by atoms with Crippen molar-refractivity contribution in [2.24, 2.45) is 5.92 Å². The SMILES string of the molecule is O=C(O)CCC1CCCCC12OCCO2. The summed E-state index contributed by atoms with van der Waals surface area (Å²) in [6.07, 6.45) is 5.15. The predicted octanol–water partition coefficient (Wildman–Crippen LogP) is 1.78. The second-order valence-corrected chi connectivity index (χ2v) is 4.38. The van der Waals surface area contributed by atoms with Gasteiger partial charge in [0.2, 0.25) is 0 Å². The fourth-order valence-corrected chi connectivity index (χ4v) is 2.70. The first-order chi connectivity index (χ1) is 7.23. The molecule has 1 aliphatic carbocycles. The molecule has 0 aromatic carbocycles. The number of rotatable bonds is 3. The Bertz CT molecular complexity index is 233. The normalized spacial score (nSPS) is 29.5. The van der Waals surface area contributed by atoms with E-state index in [2.05, 4.69) is 0 Å². The van der Waals surface area contributed by atoms with E-state index in [0.29, 0.717) is 19.6 Å². The Morgan fingerprint density at radius 2 is 2.07 bits per heavy atom. The maximum atomic E-state index is 10.6. The summed E-state index contributed by atoms with van der Waals surface area (Å²) in [5.74, 6) is -0.896. The van der Waals surface area contributed by atoms with Crippen molar-refractivity contribution in [1.82, 2.24) is 0 Å². The number of carboxylic acids is 1. The zero-order valence-electron chi connectivity index (χ0n) is 8.91. The molecule has 1 spiro atoms. The lowest BCUT2D eigenvalue weighted by atomic mass is 9.80. The summed E-state index contributed by atoms with van der Waals surface area (Å²) in [6, 6.07) is 0. The Balaban J connectivity index is 1.96. The van der Waals surface area contributed by atoms with Gasteiger partial charge in [-0.15, -0.1) is 0 Å². The molecule has 4 nitrogen and oxygen atoms in total.